The second-order valence-corrected chi connectivity index (χ2v) is 5.57. The predicted octanol–water partition coefficient (Wildman–Crippen LogP) is 2.62. The molecule has 0 aromatic heterocycles. The molecule has 21 heavy (non-hydrogen) atoms. The Balaban J connectivity index is 2.32. The zero-order valence-corrected chi connectivity index (χ0v) is 13.3. The summed E-state index contributed by atoms with van der Waals surface area (Å²) in [5.41, 5.74) is 2.40. The van der Waals surface area contributed by atoms with Gasteiger partial charge in [0.25, 0.3) is 0 Å². The van der Waals surface area contributed by atoms with Gasteiger partial charge >= 0.3 is 0 Å². The smallest absolute Gasteiger partial charge is 0.127 e. The van der Waals surface area contributed by atoms with Gasteiger partial charge in [-0.1, -0.05) is 11.6 Å². The first-order chi connectivity index (χ1) is 10.2. The number of nitrogens with zero attached hydrogens (tertiary/aromatic N) is 1. The molecule has 1 aliphatic rings. The van der Waals surface area contributed by atoms with Crippen molar-refractivity contribution in [2.75, 3.05) is 40.4 Å². The van der Waals surface area contributed by atoms with Gasteiger partial charge in [0.1, 0.15) is 11.5 Å². The van der Waals surface area contributed by atoms with Gasteiger partial charge in [-0.2, -0.15) is 0 Å². The molecule has 1 aliphatic heterocycles. The Hall–Kier alpha value is -1.52. The lowest BCUT2D eigenvalue weighted by Crippen LogP contribution is -2.45. The van der Waals surface area contributed by atoms with Crippen LogP contribution in [0, 0.1) is 0 Å². The molecule has 0 aliphatic carbocycles. The number of ether oxygens (including phenoxy) is 2. The van der Waals surface area contributed by atoms with Crippen LogP contribution in [0.5, 0.6) is 11.5 Å². The maximum absolute atomic E-state index is 5.59. The topological polar surface area (TPSA) is 33.7 Å². The fourth-order valence-corrected chi connectivity index (χ4v) is 2.85. The first-order valence-electron chi connectivity index (χ1n) is 7.46. The first kappa shape index (κ1) is 15.9. The second kappa shape index (κ2) is 7.48. The predicted molar refractivity (Wildman–Crippen MR) is 86.2 cm³/mol. The van der Waals surface area contributed by atoms with E-state index < -0.39 is 0 Å². The van der Waals surface area contributed by atoms with Crippen molar-refractivity contribution in [1.82, 2.24) is 10.2 Å². The summed E-state index contributed by atoms with van der Waals surface area (Å²) in [6.07, 6.45) is 0.947. The summed E-state index contributed by atoms with van der Waals surface area (Å²) in [6, 6.07) is 6.40. The number of benzene rings is 1. The van der Waals surface area contributed by atoms with E-state index in [1.165, 1.54) is 11.1 Å². The van der Waals surface area contributed by atoms with Crippen LogP contribution in [0.25, 0.3) is 0 Å². The molecule has 0 unspecified atom stereocenters. The third-order valence-corrected chi connectivity index (χ3v) is 3.93. The molecule has 1 aromatic carbocycles. The molecule has 0 radical (unpaired) electrons. The van der Waals surface area contributed by atoms with Gasteiger partial charge in [-0.05, 0) is 19.4 Å². The molecule has 4 heteroatoms. The normalized spacial score (nSPS) is 17.3. The molecule has 0 bridgehead atoms. The van der Waals surface area contributed by atoms with Crippen LogP contribution >= 0.6 is 0 Å². The average Bonchev–Trinajstić information content (AvgIpc) is 2.52. The van der Waals surface area contributed by atoms with Crippen molar-refractivity contribution >= 4 is 0 Å². The third-order valence-electron chi connectivity index (χ3n) is 3.93. The van der Waals surface area contributed by atoms with Crippen molar-refractivity contribution in [3.63, 3.8) is 0 Å². The molecule has 4 nitrogen and oxygen atoms in total. The number of piperazine rings is 1. The highest BCUT2D eigenvalue weighted by Gasteiger charge is 2.25. The molecule has 1 fully saturated rings. The average molecular weight is 290 g/mol. The summed E-state index contributed by atoms with van der Waals surface area (Å²) < 4.78 is 10.9. The minimum atomic E-state index is 0.311. The molecule has 0 spiro atoms. The Kier molecular flexibility index (Phi) is 5.65. The Bertz CT molecular complexity index is 482. The van der Waals surface area contributed by atoms with Crippen molar-refractivity contribution in [1.29, 1.82) is 0 Å². The van der Waals surface area contributed by atoms with E-state index in [0.29, 0.717) is 6.04 Å². The standard InChI is InChI=1S/C17H26N2O2/c1-13(2)11-16(19-9-7-18-8-10-19)15-6-5-14(20-3)12-17(15)21-4/h5-6,12,16,18H,1,7-11H2,2-4H3/t16-/m1/s1. The van der Waals surface area contributed by atoms with Gasteiger partial charge in [0, 0.05) is 43.9 Å². The molecule has 1 heterocycles. The summed E-state index contributed by atoms with van der Waals surface area (Å²) in [5.74, 6) is 1.71. The number of hydrogen-bond acceptors (Lipinski definition) is 4. The molecule has 2 rings (SSSR count). The SMILES string of the molecule is C=C(C)C[C@H](c1ccc(OC)cc1OC)N1CCNCC1. The minimum Gasteiger partial charge on any atom is -0.497 e. The van der Waals surface area contributed by atoms with E-state index in [4.69, 9.17) is 9.47 Å². The molecular weight excluding hydrogens is 264 g/mol. The van der Waals surface area contributed by atoms with Crippen LogP contribution in [0.1, 0.15) is 24.9 Å². The second-order valence-electron chi connectivity index (χ2n) is 5.57. The monoisotopic (exact) mass is 290 g/mol. The highest BCUT2D eigenvalue weighted by Crippen LogP contribution is 2.36. The summed E-state index contributed by atoms with van der Waals surface area (Å²) in [6.45, 7) is 10.3. The largest absolute Gasteiger partial charge is 0.497 e. The van der Waals surface area contributed by atoms with Crippen LogP contribution in [0.4, 0.5) is 0 Å². The molecule has 116 valence electrons. The van der Waals surface area contributed by atoms with Gasteiger partial charge in [0.2, 0.25) is 0 Å². The van der Waals surface area contributed by atoms with Crippen molar-refractivity contribution < 1.29 is 9.47 Å². The highest BCUT2D eigenvalue weighted by atomic mass is 16.5. The molecule has 1 aromatic rings. The van der Waals surface area contributed by atoms with Gasteiger partial charge in [-0.15, -0.1) is 6.58 Å². The number of rotatable bonds is 6. The van der Waals surface area contributed by atoms with E-state index in [2.05, 4.69) is 29.8 Å². The van der Waals surface area contributed by atoms with Crippen LogP contribution in [-0.4, -0.2) is 45.3 Å². The Labute approximate surface area is 127 Å². The van der Waals surface area contributed by atoms with E-state index in [9.17, 15) is 0 Å². The van der Waals surface area contributed by atoms with Gasteiger partial charge < -0.3 is 14.8 Å². The zero-order valence-electron chi connectivity index (χ0n) is 13.3. The summed E-state index contributed by atoms with van der Waals surface area (Å²) in [7, 11) is 3.39. The van der Waals surface area contributed by atoms with Crippen molar-refractivity contribution in [2.24, 2.45) is 0 Å². The van der Waals surface area contributed by atoms with E-state index in [0.717, 1.165) is 44.1 Å². The number of hydrogen-bond donors (Lipinski definition) is 1. The van der Waals surface area contributed by atoms with Crippen molar-refractivity contribution in [2.45, 2.75) is 19.4 Å². The lowest BCUT2D eigenvalue weighted by atomic mass is 9.97. The zero-order chi connectivity index (χ0) is 15.2. The Morgan fingerprint density at radius 3 is 2.57 bits per heavy atom. The fourth-order valence-electron chi connectivity index (χ4n) is 2.85. The van der Waals surface area contributed by atoms with Gasteiger partial charge in [0.05, 0.1) is 14.2 Å². The Morgan fingerprint density at radius 1 is 1.29 bits per heavy atom. The summed E-state index contributed by atoms with van der Waals surface area (Å²) in [5, 5.41) is 3.41. The van der Waals surface area contributed by atoms with Crippen LogP contribution in [0.3, 0.4) is 0 Å². The van der Waals surface area contributed by atoms with E-state index in [-0.39, 0.29) is 0 Å². The van der Waals surface area contributed by atoms with E-state index in [1.807, 2.05) is 12.1 Å². The van der Waals surface area contributed by atoms with E-state index >= 15 is 0 Å². The molecule has 1 N–H and O–H groups in total. The summed E-state index contributed by atoms with van der Waals surface area (Å²) in [4.78, 5) is 2.51. The van der Waals surface area contributed by atoms with Crippen LogP contribution < -0.4 is 14.8 Å². The van der Waals surface area contributed by atoms with Crippen LogP contribution in [0.15, 0.2) is 30.4 Å². The van der Waals surface area contributed by atoms with Crippen LogP contribution in [-0.2, 0) is 0 Å². The lowest BCUT2D eigenvalue weighted by molar-refractivity contribution is 0.169. The minimum absolute atomic E-state index is 0.311. The number of nitrogens with one attached hydrogen (secondary N) is 1. The molecule has 1 saturated heterocycles. The Morgan fingerprint density at radius 2 is 2.00 bits per heavy atom. The lowest BCUT2D eigenvalue weighted by Gasteiger charge is -2.36. The third kappa shape index (κ3) is 3.99. The van der Waals surface area contributed by atoms with Crippen LogP contribution in [0.2, 0.25) is 0 Å². The van der Waals surface area contributed by atoms with Gasteiger partial charge in [0.15, 0.2) is 0 Å². The van der Waals surface area contributed by atoms with Gasteiger partial charge in [-0.3, -0.25) is 4.90 Å². The number of methoxy groups -OCH3 is 2. The molecular formula is C17H26N2O2. The molecule has 1 atom stereocenters. The molecule has 0 saturated carbocycles. The highest BCUT2D eigenvalue weighted by molar-refractivity contribution is 5.43. The van der Waals surface area contributed by atoms with Crippen molar-refractivity contribution in [3.8, 4) is 11.5 Å². The van der Waals surface area contributed by atoms with Gasteiger partial charge in [-0.25, -0.2) is 0 Å². The van der Waals surface area contributed by atoms with E-state index in [1.54, 1.807) is 14.2 Å². The summed E-state index contributed by atoms with van der Waals surface area (Å²) >= 11 is 0. The fraction of sp³-hybridized carbons (Fsp3) is 0.529. The first-order valence-corrected chi connectivity index (χ1v) is 7.46. The van der Waals surface area contributed by atoms with Crippen molar-refractivity contribution in [3.05, 3.63) is 35.9 Å². The molecule has 0 amide bonds. The maximum atomic E-state index is 5.59. The quantitative estimate of drug-likeness (QED) is 0.817. The maximum Gasteiger partial charge on any atom is 0.127 e.